The molecule has 0 unspecified atom stereocenters. The number of pyridine rings is 1. The van der Waals surface area contributed by atoms with E-state index in [0.29, 0.717) is 17.3 Å². The summed E-state index contributed by atoms with van der Waals surface area (Å²) < 4.78 is 1.86. The van der Waals surface area contributed by atoms with Crippen molar-refractivity contribution in [3.8, 4) is 0 Å². The molecule has 1 amide bonds. The first-order valence-electron chi connectivity index (χ1n) is 12.1. The number of aromatic nitrogens is 3. The molecule has 2 aliphatic rings. The number of nitrogens with zero attached hydrogens (tertiary/aromatic N) is 4. The van der Waals surface area contributed by atoms with Gasteiger partial charge in [-0.25, -0.2) is 9.67 Å². The van der Waals surface area contributed by atoms with Crippen LogP contribution in [-0.4, -0.2) is 52.9 Å². The van der Waals surface area contributed by atoms with Gasteiger partial charge in [0.15, 0.2) is 11.3 Å². The third kappa shape index (κ3) is 5.14. The van der Waals surface area contributed by atoms with Crippen LogP contribution in [0.25, 0.3) is 11.0 Å². The average molecular weight is 467 g/mol. The van der Waals surface area contributed by atoms with Crippen LogP contribution in [0.3, 0.4) is 0 Å². The van der Waals surface area contributed by atoms with E-state index in [9.17, 15) is 4.79 Å². The molecule has 2 saturated heterocycles. The van der Waals surface area contributed by atoms with Crippen molar-refractivity contribution in [1.29, 1.82) is 0 Å². The lowest BCUT2D eigenvalue weighted by Crippen LogP contribution is -2.42. The number of carbonyl (C=O) groups is 1. The fraction of sp³-hybridized carbons (Fsp3) is 0.480. The molecule has 0 bridgehead atoms. The molecule has 1 aromatic carbocycles. The van der Waals surface area contributed by atoms with Crippen LogP contribution in [0.4, 0.5) is 5.82 Å². The maximum atomic E-state index is 13.2. The number of nitrogens with one attached hydrogen (secondary N) is 2. The highest BCUT2D eigenvalue weighted by molar-refractivity contribution is 6.30. The maximum absolute atomic E-state index is 13.2. The van der Waals surface area contributed by atoms with Crippen LogP contribution in [0, 0.1) is 0 Å². The highest BCUT2D eigenvalue weighted by Gasteiger charge is 2.23. The number of hydrogen-bond donors (Lipinski definition) is 2. The molecule has 3 aromatic rings. The van der Waals surface area contributed by atoms with Crippen molar-refractivity contribution in [2.24, 2.45) is 0 Å². The van der Waals surface area contributed by atoms with E-state index in [1.807, 2.05) is 41.1 Å². The van der Waals surface area contributed by atoms with E-state index in [4.69, 9.17) is 21.7 Å². The summed E-state index contributed by atoms with van der Waals surface area (Å²) in [5.74, 6) is 0.845. The molecular weight excluding hydrogens is 436 g/mol. The minimum Gasteiger partial charge on any atom is -0.357 e. The van der Waals surface area contributed by atoms with Gasteiger partial charge in [-0.3, -0.25) is 4.79 Å². The first-order valence-corrected chi connectivity index (χ1v) is 12.4. The summed E-state index contributed by atoms with van der Waals surface area (Å²) >= 11 is 6.07. The summed E-state index contributed by atoms with van der Waals surface area (Å²) in [6, 6.07) is 12.0. The Bertz CT molecular complexity index is 1100. The van der Waals surface area contributed by atoms with Gasteiger partial charge in [-0.05, 0) is 68.6 Å². The third-order valence-electron chi connectivity index (χ3n) is 6.65. The molecule has 5 rings (SSSR count). The second-order valence-corrected chi connectivity index (χ2v) is 9.51. The zero-order valence-corrected chi connectivity index (χ0v) is 19.7. The Kier molecular flexibility index (Phi) is 6.78. The number of halogens is 1. The Morgan fingerprint density at radius 2 is 1.76 bits per heavy atom. The molecule has 8 heteroatoms. The fourth-order valence-electron chi connectivity index (χ4n) is 4.78. The molecule has 4 heterocycles. The SMILES string of the molecule is O=C(NC1CCNCC1)c1nn(Cc2ccc(Cl)cc2)c2nc(N3CCCCCC3)ccc12. The van der Waals surface area contributed by atoms with Crippen LogP contribution >= 0.6 is 11.6 Å². The summed E-state index contributed by atoms with van der Waals surface area (Å²) in [7, 11) is 0. The van der Waals surface area contributed by atoms with Gasteiger partial charge in [0.25, 0.3) is 5.91 Å². The van der Waals surface area contributed by atoms with Crippen molar-refractivity contribution >= 4 is 34.4 Å². The molecule has 2 N–H and O–H groups in total. The zero-order valence-electron chi connectivity index (χ0n) is 18.9. The number of carbonyl (C=O) groups excluding carboxylic acids is 1. The molecule has 33 heavy (non-hydrogen) atoms. The minimum atomic E-state index is -0.119. The van der Waals surface area contributed by atoms with Gasteiger partial charge < -0.3 is 15.5 Å². The van der Waals surface area contributed by atoms with E-state index < -0.39 is 0 Å². The van der Waals surface area contributed by atoms with Gasteiger partial charge in [0.1, 0.15) is 5.82 Å². The van der Waals surface area contributed by atoms with Crippen molar-refractivity contribution < 1.29 is 4.79 Å². The maximum Gasteiger partial charge on any atom is 0.272 e. The van der Waals surface area contributed by atoms with Crippen molar-refractivity contribution in [3.63, 3.8) is 0 Å². The van der Waals surface area contributed by atoms with Gasteiger partial charge in [0, 0.05) is 24.2 Å². The van der Waals surface area contributed by atoms with Crippen molar-refractivity contribution in [2.75, 3.05) is 31.1 Å². The lowest BCUT2D eigenvalue weighted by Gasteiger charge is -2.23. The Balaban J connectivity index is 1.49. The van der Waals surface area contributed by atoms with E-state index in [-0.39, 0.29) is 11.9 Å². The second-order valence-electron chi connectivity index (χ2n) is 9.07. The predicted octanol–water partition coefficient (Wildman–Crippen LogP) is 4.00. The van der Waals surface area contributed by atoms with Gasteiger partial charge in [-0.15, -0.1) is 0 Å². The molecule has 2 aliphatic heterocycles. The van der Waals surface area contributed by atoms with Gasteiger partial charge in [0.05, 0.1) is 11.9 Å². The molecule has 0 radical (unpaired) electrons. The van der Waals surface area contributed by atoms with Crippen LogP contribution in [0.2, 0.25) is 5.02 Å². The molecule has 0 spiro atoms. The average Bonchev–Trinajstić information content (AvgIpc) is 2.99. The predicted molar refractivity (Wildman–Crippen MR) is 132 cm³/mol. The quantitative estimate of drug-likeness (QED) is 0.594. The second kappa shape index (κ2) is 10.1. The van der Waals surface area contributed by atoms with Gasteiger partial charge >= 0.3 is 0 Å². The van der Waals surface area contributed by atoms with Gasteiger partial charge in [0.2, 0.25) is 0 Å². The Labute approximate surface area is 199 Å². The van der Waals surface area contributed by atoms with Gasteiger partial charge in [-0.2, -0.15) is 5.10 Å². The van der Waals surface area contributed by atoms with Crippen molar-refractivity contribution in [3.05, 3.63) is 52.7 Å². The fourth-order valence-corrected chi connectivity index (χ4v) is 4.90. The largest absolute Gasteiger partial charge is 0.357 e. The summed E-state index contributed by atoms with van der Waals surface area (Å²) in [5, 5.41) is 12.8. The summed E-state index contributed by atoms with van der Waals surface area (Å²) in [6.45, 7) is 4.43. The van der Waals surface area contributed by atoms with Crippen molar-refractivity contribution in [1.82, 2.24) is 25.4 Å². The smallest absolute Gasteiger partial charge is 0.272 e. The number of rotatable bonds is 5. The van der Waals surface area contributed by atoms with Gasteiger partial charge in [-0.1, -0.05) is 36.6 Å². The highest BCUT2D eigenvalue weighted by Crippen LogP contribution is 2.25. The molecular formula is C25H31ClN6O. The number of amides is 1. The molecule has 174 valence electrons. The molecule has 2 fully saturated rings. The Morgan fingerprint density at radius 3 is 2.48 bits per heavy atom. The lowest BCUT2D eigenvalue weighted by molar-refractivity contribution is 0.0925. The number of benzene rings is 1. The third-order valence-corrected chi connectivity index (χ3v) is 6.90. The number of anilines is 1. The monoisotopic (exact) mass is 466 g/mol. The molecule has 0 aliphatic carbocycles. The van der Waals surface area contributed by atoms with E-state index in [1.165, 1.54) is 25.7 Å². The number of fused-ring (bicyclic) bond motifs is 1. The highest BCUT2D eigenvalue weighted by atomic mass is 35.5. The summed E-state index contributed by atoms with van der Waals surface area (Å²) in [6.07, 6.45) is 6.79. The first-order chi connectivity index (χ1) is 16.2. The summed E-state index contributed by atoms with van der Waals surface area (Å²) in [4.78, 5) is 20.6. The Morgan fingerprint density at radius 1 is 1.03 bits per heavy atom. The van der Waals surface area contributed by atoms with Crippen molar-refractivity contribution in [2.45, 2.75) is 51.1 Å². The van der Waals surface area contributed by atoms with Crippen LogP contribution in [0.1, 0.15) is 54.6 Å². The minimum absolute atomic E-state index is 0.119. The molecule has 2 aromatic heterocycles. The first kappa shape index (κ1) is 22.2. The standard InChI is InChI=1S/C25H31ClN6O/c26-19-7-5-18(6-8-19)17-32-24-21(9-10-22(29-24)31-15-3-1-2-4-16-31)23(30-32)25(33)28-20-11-13-27-14-12-20/h5-10,20,27H,1-4,11-17H2,(H,28,33). The lowest BCUT2D eigenvalue weighted by atomic mass is 10.1. The van der Waals surface area contributed by atoms with Crippen LogP contribution in [0.5, 0.6) is 0 Å². The normalized spacial score (nSPS) is 17.8. The topological polar surface area (TPSA) is 75.1 Å². The van der Waals surface area contributed by atoms with E-state index in [1.54, 1.807) is 0 Å². The number of hydrogen-bond acceptors (Lipinski definition) is 5. The van der Waals surface area contributed by atoms with E-state index >= 15 is 0 Å². The molecule has 0 saturated carbocycles. The van der Waals surface area contributed by atoms with Crippen LogP contribution in [0.15, 0.2) is 36.4 Å². The zero-order chi connectivity index (χ0) is 22.6. The number of piperidine rings is 1. The molecule has 7 nitrogen and oxygen atoms in total. The molecule has 0 atom stereocenters. The summed E-state index contributed by atoms with van der Waals surface area (Å²) in [5.41, 5.74) is 2.27. The Hall–Kier alpha value is -2.64. The van der Waals surface area contributed by atoms with E-state index in [0.717, 1.165) is 61.4 Å². The van der Waals surface area contributed by atoms with E-state index in [2.05, 4.69) is 15.5 Å². The van der Waals surface area contributed by atoms with Crippen LogP contribution < -0.4 is 15.5 Å². The van der Waals surface area contributed by atoms with Crippen LogP contribution in [-0.2, 0) is 6.54 Å².